The molecule has 5 rings (SSSR count). The van der Waals surface area contributed by atoms with Crippen molar-refractivity contribution in [2.24, 2.45) is 5.41 Å². The van der Waals surface area contributed by atoms with E-state index in [2.05, 4.69) is 0 Å². The Bertz CT molecular complexity index is 1400. The van der Waals surface area contributed by atoms with E-state index in [1.54, 1.807) is 17.0 Å². The summed E-state index contributed by atoms with van der Waals surface area (Å²) in [5, 5.41) is 0. The van der Waals surface area contributed by atoms with Gasteiger partial charge < -0.3 is 9.64 Å². The lowest BCUT2D eigenvalue weighted by atomic mass is 9.66. The standard InChI is InChI=1S/C24H26ClNO6S2/c1-32-20-6-3-16(13-21(20)34(25,30)31)22(27)26-15-24(11-9-23(7-8-23)10-12-24)18-14-17(33(2,28)29)4-5-19(18)26/h3-6,13-14H,7-12,15H2,1-2H3. The summed E-state index contributed by atoms with van der Waals surface area (Å²) in [6, 6.07) is 9.12. The zero-order chi connectivity index (χ0) is 24.5. The highest BCUT2D eigenvalue weighted by atomic mass is 35.7. The number of nitrogens with zero attached hydrogens (tertiary/aromatic N) is 1. The first-order valence-corrected chi connectivity index (χ1v) is 15.4. The Morgan fingerprint density at radius 2 is 1.62 bits per heavy atom. The molecule has 2 aromatic carbocycles. The fourth-order valence-electron chi connectivity index (χ4n) is 5.58. The maximum absolute atomic E-state index is 13.7. The van der Waals surface area contributed by atoms with Gasteiger partial charge in [-0.2, -0.15) is 0 Å². The molecule has 182 valence electrons. The third-order valence-electron chi connectivity index (χ3n) is 7.86. The van der Waals surface area contributed by atoms with Crippen LogP contribution in [0.4, 0.5) is 5.69 Å². The fourth-order valence-corrected chi connectivity index (χ4v) is 7.25. The SMILES string of the molecule is COc1ccc(C(=O)N2CC3(CCC4(CC4)CC3)c3cc(S(C)(=O)=O)ccc32)cc1S(=O)(=O)Cl. The van der Waals surface area contributed by atoms with Gasteiger partial charge in [-0.05, 0) is 85.9 Å². The molecule has 0 atom stereocenters. The van der Waals surface area contributed by atoms with Crippen molar-refractivity contribution in [1.82, 2.24) is 0 Å². The van der Waals surface area contributed by atoms with Gasteiger partial charge in [0, 0.05) is 40.1 Å². The molecule has 2 fully saturated rings. The molecule has 1 amide bonds. The minimum atomic E-state index is -4.13. The Labute approximate surface area is 204 Å². The van der Waals surface area contributed by atoms with Crippen LogP contribution >= 0.6 is 10.7 Å². The lowest BCUT2D eigenvalue weighted by molar-refractivity contribution is 0.0980. The van der Waals surface area contributed by atoms with Gasteiger partial charge in [0.25, 0.3) is 15.0 Å². The summed E-state index contributed by atoms with van der Waals surface area (Å²) in [7, 11) is -0.628. The van der Waals surface area contributed by atoms with Crippen LogP contribution in [0.25, 0.3) is 0 Å². The summed E-state index contributed by atoms with van der Waals surface area (Å²) >= 11 is 0. The van der Waals surface area contributed by atoms with Crippen LogP contribution in [0.5, 0.6) is 5.75 Å². The third kappa shape index (κ3) is 3.91. The lowest BCUT2D eigenvalue weighted by Gasteiger charge is -2.38. The van der Waals surface area contributed by atoms with Crippen LogP contribution in [0.3, 0.4) is 0 Å². The average molecular weight is 524 g/mol. The van der Waals surface area contributed by atoms with Gasteiger partial charge in [0.2, 0.25) is 0 Å². The smallest absolute Gasteiger partial charge is 0.265 e. The van der Waals surface area contributed by atoms with Crippen molar-refractivity contribution in [3.05, 3.63) is 47.5 Å². The molecular formula is C24H26ClNO6S2. The van der Waals surface area contributed by atoms with E-state index >= 15 is 0 Å². The number of carbonyl (C=O) groups is 1. The van der Waals surface area contributed by atoms with Crippen molar-refractivity contribution >= 4 is 41.2 Å². The molecule has 2 aromatic rings. The molecule has 1 aliphatic heterocycles. The highest BCUT2D eigenvalue weighted by molar-refractivity contribution is 8.13. The van der Waals surface area contributed by atoms with Crippen molar-refractivity contribution in [2.45, 2.75) is 53.7 Å². The topological polar surface area (TPSA) is 97.8 Å². The van der Waals surface area contributed by atoms with Crippen molar-refractivity contribution in [2.75, 3.05) is 24.8 Å². The first-order valence-electron chi connectivity index (χ1n) is 11.2. The number of amides is 1. The predicted molar refractivity (Wildman–Crippen MR) is 129 cm³/mol. The monoisotopic (exact) mass is 523 g/mol. The minimum absolute atomic E-state index is 0.0599. The summed E-state index contributed by atoms with van der Waals surface area (Å²) in [6.07, 6.45) is 7.57. The Balaban J connectivity index is 1.58. The second kappa shape index (κ2) is 7.70. The van der Waals surface area contributed by atoms with Crippen molar-refractivity contribution in [3.8, 4) is 5.75 Å². The molecule has 1 heterocycles. The Morgan fingerprint density at radius 1 is 0.971 bits per heavy atom. The molecule has 2 aliphatic carbocycles. The predicted octanol–water partition coefficient (Wildman–Crippen LogP) is 4.28. The Hall–Kier alpha value is -2.10. The number of anilines is 1. The van der Waals surface area contributed by atoms with Gasteiger partial charge in [-0.3, -0.25) is 4.79 Å². The van der Waals surface area contributed by atoms with Crippen LogP contribution in [0, 0.1) is 5.41 Å². The van der Waals surface area contributed by atoms with Crippen molar-refractivity contribution < 1.29 is 26.4 Å². The van der Waals surface area contributed by atoms with Gasteiger partial charge in [-0.1, -0.05) is 0 Å². The number of hydrogen-bond donors (Lipinski definition) is 0. The van der Waals surface area contributed by atoms with E-state index < -0.39 is 18.9 Å². The van der Waals surface area contributed by atoms with E-state index in [9.17, 15) is 21.6 Å². The Morgan fingerprint density at radius 3 is 2.18 bits per heavy atom. The summed E-state index contributed by atoms with van der Waals surface area (Å²) < 4.78 is 53.8. The largest absolute Gasteiger partial charge is 0.495 e. The van der Waals surface area contributed by atoms with Crippen molar-refractivity contribution in [3.63, 3.8) is 0 Å². The van der Waals surface area contributed by atoms with Gasteiger partial charge in [0.1, 0.15) is 10.6 Å². The molecule has 7 nitrogen and oxygen atoms in total. The van der Waals surface area contributed by atoms with E-state index in [1.807, 2.05) is 0 Å². The van der Waals surface area contributed by atoms with Crippen LogP contribution in [-0.4, -0.2) is 42.7 Å². The zero-order valence-corrected chi connectivity index (χ0v) is 21.4. The normalized spacial score (nSPS) is 20.4. The molecule has 10 heteroatoms. The molecular weight excluding hydrogens is 498 g/mol. The molecule has 0 saturated heterocycles. The number of fused-ring (bicyclic) bond motifs is 2. The second-order valence-corrected chi connectivity index (χ2v) is 14.5. The third-order valence-corrected chi connectivity index (χ3v) is 10.3. The van der Waals surface area contributed by atoms with Gasteiger partial charge in [-0.25, -0.2) is 16.8 Å². The zero-order valence-electron chi connectivity index (χ0n) is 19.0. The number of rotatable bonds is 4. The molecule has 0 radical (unpaired) electrons. The van der Waals surface area contributed by atoms with E-state index in [1.165, 1.54) is 50.5 Å². The van der Waals surface area contributed by atoms with E-state index in [-0.39, 0.29) is 32.4 Å². The average Bonchev–Trinajstić information content (AvgIpc) is 3.48. The number of benzene rings is 2. The molecule has 0 bridgehead atoms. The van der Waals surface area contributed by atoms with Crippen LogP contribution < -0.4 is 9.64 Å². The number of hydrogen-bond acceptors (Lipinski definition) is 6. The van der Waals surface area contributed by atoms with Crippen LogP contribution in [0.1, 0.15) is 54.4 Å². The number of carbonyl (C=O) groups excluding carboxylic acids is 1. The van der Waals surface area contributed by atoms with Crippen LogP contribution in [-0.2, 0) is 24.3 Å². The molecule has 3 aliphatic rings. The number of methoxy groups -OCH3 is 1. The molecule has 2 saturated carbocycles. The summed E-state index contributed by atoms with van der Waals surface area (Å²) in [5.74, 6) is -0.300. The number of halogens is 1. The summed E-state index contributed by atoms with van der Waals surface area (Å²) in [5.41, 5.74) is 1.85. The molecule has 0 unspecified atom stereocenters. The molecule has 0 N–H and O–H groups in total. The minimum Gasteiger partial charge on any atom is -0.495 e. The van der Waals surface area contributed by atoms with Crippen LogP contribution in [0.2, 0.25) is 0 Å². The quantitative estimate of drug-likeness (QED) is 0.555. The van der Waals surface area contributed by atoms with E-state index in [4.69, 9.17) is 15.4 Å². The summed E-state index contributed by atoms with van der Waals surface area (Å²) in [4.78, 5) is 15.3. The Kier molecular flexibility index (Phi) is 5.35. The van der Waals surface area contributed by atoms with Crippen LogP contribution in [0.15, 0.2) is 46.2 Å². The summed E-state index contributed by atoms with van der Waals surface area (Å²) in [6.45, 7) is 0.430. The lowest BCUT2D eigenvalue weighted by Crippen LogP contribution is -2.40. The fraction of sp³-hybridized carbons (Fsp3) is 0.458. The maximum atomic E-state index is 13.7. The first-order chi connectivity index (χ1) is 15.9. The maximum Gasteiger partial charge on any atom is 0.265 e. The molecule has 34 heavy (non-hydrogen) atoms. The van der Waals surface area contributed by atoms with Gasteiger partial charge in [0.15, 0.2) is 9.84 Å². The number of ether oxygens (including phenoxy) is 1. The number of sulfone groups is 1. The highest BCUT2D eigenvalue weighted by Crippen LogP contribution is 2.62. The van der Waals surface area contributed by atoms with E-state index in [0.29, 0.717) is 17.6 Å². The van der Waals surface area contributed by atoms with Crippen molar-refractivity contribution in [1.29, 1.82) is 0 Å². The highest BCUT2D eigenvalue weighted by Gasteiger charge is 2.53. The second-order valence-electron chi connectivity index (χ2n) is 9.93. The molecule has 2 spiro atoms. The van der Waals surface area contributed by atoms with Gasteiger partial charge in [-0.15, -0.1) is 0 Å². The van der Waals surface area contributed by atoms with Gasteiger partial charge >= 0.3 is 0 Å². The van der Waals surface area contributed by atoms with Gasteiger partial charge in [0.05, 0.1) is 12.0 Å². The first kappa shape index (κ1) is 23.6. The van der Waals surface area contributed by atoms with E-state index in [0.717, 1.165) is 31.2 Å². The molecule has 0 aromatic heterocycles.